The molecule has 1 aliphatic carbocycles. The summed E-state index contributed by atoms with van der Waals surface area (Å²) in [6, 6.07) is 12.0. The van der Waals surface area contributed by atoms with Crippen LogP contribution in [0.1, 0.15) is 80.0 Å². The van der Waals surface area contributed by atoms with Crippen LogP contribution in [0.25, 0.3) is 0 Å². The van der Waals surface area contributed by atoms with Gasteiger partial charge in [0.05, 0.1) is 36.8 Å². The van der Waals surface area contributed by atoms with Gasteiger partial charge in [0.15, 0.2) is 5.96 Å². The quantitative estimate of drug-likeness (QED) is 0.400. The molecule has 0 aromatic heterocycles. The van der Waals surface area contributed by atoms with Crippen molar-refractivity contribution in [1.29, 1.82) is 0 Å². The molecule has 204 valence electrons. The van der Waals surface area contributed by atoms with Crippen LogP contribution in [0.2, 0.25) is 0 Å². The smallest absolute Gasteiger partial charge is 0.251 e. The number of aliphatic imine (C=N–C) groups is 1. The van der Waals surface area contributed by atoms with Crippen molar-refractivity contribution < 1.29 is 24.5 Å². The lowest BCUT2D eigenvalue weighted by Gasteiger charge is -2.36. The van der Waals surface area contributed by atoms with Crippen LogP contribution in [0.4, 0.5) is 0 Å². The standard InChI is InChI=1S/C29H38N4O5/c1-5-29(6-2)15-24(35)33(27(30)32-29)16-21-13-19(11-12-23(21)38-18(3)17-34)26(36)31-25-22-10-8-7-9-20(22)14-28(25,4)37/h7-13,18,25,34,37H,5-6,14-17H2,1-4H3,(H2,30,32)(H,31,36). The first-order chi connectivity index (χ1) is 18.0. The zero-order chi connectivity index (χ0) is 27.7. The van der Waals surface area contributed by atoms with Crippen LogP contribution in [-0.2, 0) is 17.8 Å². The number of carbonyl (C=O) groups is 2. The second-order valence-corrected chi connectivity index (χ2v) is 10.6. The van der Waals surface area contributed by atoms with Crippen LogP contribution >= 0.6 is 0 Å². The molecule has 1 aliphatic heterocycles. The van der Waals surface area contributed by atoms with Crippen LogP contribution < -0.4 is 15.8 Å². The zero-order valence-electron chi connectivity index (χ0n) is 22.5. The highest BCUT2D eigenvalue weighted by Crippen LogP contribution is 2.39. The number of hydrogen-bond donors (Lipinski definition) is 4. The summed E-state index contributed by atoms with van der Waals surface area (Å²) in [7, 11) is 0. The number of fused-ring (bicyclic) bond motifs is 1. The predicted molar refractivity (Wildman–Crippen MR) is 145 cm³/mol. The highest BCUT2D eigenvalue weighted by Gasteiger charge is 2.42. The summed E-state index contributed by atoms with van der Waals surface area (Å²) in [5, 5.41) is 23.5. The van der Waals surface area contributed by atoms with Gasteiger partial charge in [-0.2, -0.15) is 0 Å². The van der Waals surface area contributed by atoms with Gasteiger partial charge in [-0.05, 0) is 56.0 Å². The Kier molecular flexibility index (Phi) is 7.80. The van der Waals surface area contributed by atoms with E-state index in [0.29, 0.717) is 36.1 Å². The summed E-state index contributed by atoms with van der Waals surface area (Å²) < 4.78 is 5.90. The average molecular weight is 523 g/mol. The number of benzene rings is 2. The first-order valence-electron chi connectivity index (χ1n) is 13.2. The van der Waals surface area contributed by atoms with E-state index < -0.39 is 23.3 Å². The van der Waals surface area contributed by atoms with E-state index in [-0.39, 0.29) is 37.3 Å². The Morgan fingerprint density at radius 2 is 1.95 bits per heavy atom. The van der Waals surface area contributed by atoms with Gasteiger partial charge in [-0.15, -0.1) is 0 Å². The largest absolute Gasteiger partial charge is 0.488 e. The first-order valence-corrected chi connectivity index (χ1v) is 13.2. The number of carbonyl (C=O) groups excluding carboxylic acids is 2. The second kappa shape index (κ2) is 10.7. The summed E-state index contributed by atoms with van der Waals surface area (Å²) >= 11 is 0. The van der Waals surface area contributed by atoms with Crippen molar-refractivity contribution in [1.82, 2.24) is 10.2 Å². The third-order valence-electron chi connectivity index (χ3n) is 7.77. The van der Waals surface area contributed by atoms with E-state index in [1.807, 2.05) is 38.1 Å². The van der Waals surface area contributed by atoms with Gasteiger partial charge in [-0.25, -0.2) is 4.99 Å². The topological polar surface area (TPSA) is 137 Å². The summed E-state index contributed by atoms with van der Waals surface area (Å²) in [4.78, 5) is 32.6. The van der Waals surface area contributed by atoms with E-state index in [4.69, 9.17) is 10.5 Å². The molecule has 2 aromatic carbocycles. The molecular weight excluding hydrogens is 484 g/mol. The predicted octanol–water partition coefficient (Wildman–Crippen LogP) is 2.83. The minimum absolute atomic E-state index is 0.0657. The molecule has 9 nitrogen and oxygen atoms in total. The third-order valence-corrected chi connectivity index (χ3v) is 7.77. The normalized spacial score (nSPS) is 23.0. The van der Waals surface area contributed by atoms with Gasteiger partial charge in [-0.3, -0.25) is 14.5 Å². The number of amides is 2. The molecule has 1 heterocycles. The number of guanidine groups is 1. The molecule has 9 heteroatoms. The Bertz CT molecular complexity index is 1240. The van der Waals surface area contributed by atoms with Crippen LogP contribution in [0.5, 0.6) is 5.75 Å². The Labute approximate surface area is 223 Å². The molecule has 5 N–H and O–H groups in total. The fourth-order valence-electron chi connectivity index (χ4n) is 5.31. The summed E-state index contributed by atoms with van der Waals surface area (Å²) in [6.07, 6.45) is 1.61. The number of hydrogen-bond acceptors (Lipinski definition) is 7. The van der Waals surface area contributed by atoms with Gasteiger partial charge in [0, 0.05) is 17.5 Å². The molecule has 0 radical (unpaired) electrons. The molecule has 38 heavy (non-hydrogen) atoms. The average Bonchev–Trinajstić information content (AvgIpc) is 3.15. The highest BCUT2D eigenvalue weighted by molar-refractivity contribution is 5.99. The molecule has 4 rings (SSSR count). The number of nitrogens with one attached hydrogen (secondary N) is 1. The lowest BCUT2D eigenvalue weighted by Crippen LogP contribution is -2.50. The van der Waals surface area contributed by atoms with Crippen LogP contribution in [0.3, 0.4) is 0 Å². The third kappa shape index (κ3) is 5.39. The van der Waals surface area contributed by atoms with Crippen molar-refractivity contribution in [3.05, 3.63) is 64.7 Å². The number of nitrogens with zero attached hydrogens (tertiary/aromatic N) is 2. The van der Waals surface area contributed by atoms with Gasteiger partial charge >= 0.3 is 0 Å². The van der Waals surface area contributed by atoms with E-state index >= 15 is 0 Å². The maximum Gasteiger partial charge on any atom is 0.251 e. The summed E-state index contributed by atoms with van der Waals surface area (Å²) in [5.41, 5.74) is 7.44. The molecule has 0 saturated carbocycles. The highest BCUT2D eigenvalue weighted by atomic mass is 16.5. The molecule has 0 spiro atoms. The van der Waals surface area contributed by atoms with E-state index in [9.17, 15) is 19.8 Å². The number of aliphatic hydroxyl groups excluding tert-OH is 1. The monoisotopic (exact) mass is 522 g/mol. The lowest BCUT2D eigenvalue weighted by atomic mass is 9.88. The van der Waals surface area contributed by atoms with E-state index in [0.717, 1.165) is 11.1 Å². The van der Waals surface area contributed by atoms with Crippen LogP contribution in [0, 0.1) is 0 Å². The Morgan fingerprint density at radius 1 is 1.24 bits per heavy atom. The molecule has 2 aromatic rings. The minimum Gasteiger partial charge on any atom is -0.488 e. The van der Waals surface area contributed by atoms with E-state index in [1.54, 1.807) is 32.0 Å². The van der Waals surface area contributed by atoms with Crippen molar-refractivity contribution in [2.24, 2.45) is 10.7 Å². The number of ether oxygens (including phenoxy) is 1. The SMILES string of the molecule is CCC1(CC)CC(=O)N(Cc2cc(C(=O)NC3c4ccccc4CC3(C)O)ccc2OC(C)CO)C(N)=N1. The Balaban J connectivity index is 1.64. The van der Waals surface area contributed by atoms with Crippen molar-refractivity contribution in [2.75, 3.05) is 6.61 Å². The molecule has 2 aliphatic rings. The summed E-state index contributed by atoms with van der Waals surface area (Å²) in [6.45, 7) is 7.30. The molecule has 0 bridgehead atoms. The molecule has 3 unspecified atom stereocenters. The van der Waals surface area contributed by atoms with Crippen molar-refractivity contribution in [3.8, 4) is 5.75 Å². The maximum absolute atomic E-state index is 13.4. The fourth-order valence-corrected chi connectivity index (χ4v) is 5.31. The molecule has 0 fully saturated rings. The van der Waals surface area contributed by atoms with Gasteiger partial charge < -0.3 is 26.0 Å². The van der Waals surface area contributed by atoms with Gasteiger partial charge in [0.2, 0.25) is 5.91 Å². The Hall–Kier alpha value is -3.43. The van der Waals surface area contributed by atoms with Crippen LogP contribution in [-0.4, -0.2) is 56.7 Å². The van der Waals surface area contributed by atoms with Crippen molar-refractivity contribution in [3.63, 3.8) is 0 Å². The zero-order valence-corrected chi connectivity index (χ0v) is 22.5. The molecular formula is C29H38N4O5. The van der Waals surface area contributed by atoms with Crippen molar-refractivity contribution in [2.45, 2.75) is 83.2 Å². The van der Waals surface area contributed by atoms with Gasteiger partial charge in [-0.1, -0.05) is 38.1 Å². The number of aliphatic hydroxyl groups is 2. The first kappa shape index (κ1) is 27.6. The minimum atomic E-state index is -1.13. The van der Waals surface area contributed by atoms with Crippen LogP contribution in [0.15, 0.2) is 47.5 Å². The van der Waals surface area contributed by atoms with E-state index in [2.05, 4.69) is 10.3 Å². The van der Waals surface area contributed by atoms with Crippen molar-refractivity contribution >= 4 is 17.8 Å². The second-order valence-electron chi connectivity index (χ2n) is 10.6. The van der Waals surface area contributed by atoms with Gasteiger partial charge in [0.1, 0.15) is 11.9 Å². The van der Waals surface area contributed by atoms with E-state index in [1.165, 1.54) is 4.90 Å². The summed E-state index contributed by atoms with van der Waals surface area (Å²) in [5.74, 6) is 0.0673. The lowest BCUT2D eigenvalue weighted by molar-refractivity contribution is -0.130. The molecule has 0 saturated heterocycles. The Morgan fingerprint density at radius 3 is 2.61 bits per heavy atom. The number of rotatable bonds is 9. The molecule has 3 atom stereocenters. The molecule has 2 amide bonds. The maximum atomic E-state index is 13.4. The fraction of sp³-hybridized carbons (Fsp3) is 0.483. The number of nitrogens with two attached hydrogens (primary N) is 1. The van der Waals surface area contributed by atoms with Gasteiger partial charge in [0.25, 0.3) is 5.91 Å².